The standard InChI is InChI=1S/C23H30N2O7/c1-15-6-3-8-20(31-11-5-10-24-16(2)26)9-4-7-18(25-30)12-17-13-19(27)14-21(28)22(17)23(29)32-15/h3-4,7-8,13-15,20,27-28,30H,5-6,9-12H2,1-2H3,(H,24,26)/b7-4+,8-3+,25-18-/t15-,20?/m1/s1. The summed E-state index contributed by atoms with van der Waals surface area (Å²) in [5, 5.41) is 35.4. The Morgan fingerprint density at radius 3 is 2.78 bits per heavy atom. The van der Waals surface area contributed by atoms with Crippen LogP contribution >= 0.6 is 0 Å². The predicted molar refractivity (Wildman–Crippen MR) is 118 cm³/mol. The maximum absolute atomic E-state index is 12.7. The third-order valence-corrected chi connectivity index (χ3v) is 4.72. The highest BCUT2D eigenvalue weighted by atomic mass is 16.5. The van der Waals surface area contributed by atoms with Crippen LogP contribution < -0.4 is 5.32 Å². The van der Waals surface area contributed by atoms with E-state index in [0.717, 1.165) is 6.07 Å². The van der Waals surface area contributed by atoms with Gasteiger partial charge in [0.15, 0.2) is 0 Å². The summed E-state index contributed by atoms with van der Waals surface area (Å²) in [6.07, 6.45) is 7.98. The Hall–Kier alpha value is -3.33. The average molecular weight is 447 g/mol. The molecule has 1 unspecified atom stereocenters. The van der Waals surface area contributed by atoms with E-state index in [4.69, 9.17) is 9.47 Å². The Morgan fingerprint density at radius 2 is 2.06 bits per heavy atom. The average Bonchev–Trinajstić information content (AvgIpc) is 2.70. The molecule has 1 aliphatic heterocycles. The number of nitrogens with zero attached hydrogens (tertiary/aromatic N) is 1. The number of esters is 1. The maximum Gasteiger partial charge on any atom is 0.342 e. The zero-order chi connectivity index (χ0) is 23.5. The summed E-state index contributed by atoms with van der Waals surface area (Å²) in [6.45, 7) is 4.16. The topological polar surface area (TPSA) is 138 Å². The number of fused-ring (bicyclic) bond motifs is 1. The minimum atomic E-state index is -0.734. The molecule has 0 radical (unpaired) electrons. The summed E-state index contributed by atoms with van der Waals surface area (Å²) in [7, 11) is 0. The predicted octanol–water partition coefficient (Wildman–Crippen LogP) is 2.83. The SMILES string of the molecule is CC(=O)NCCCOC1/C=C/C[C@@H](C)OC(=O)c2c(O)cc(O)cc2CC(=N\O)/C=C/C1. The fraction of sp³-hybridized carbons (Fsp3) is 0.435. The van der Waals surface area contributed by atoms with E-state index in [2.05, 4.69) is 10.5 Å². The summed E-state index contributed by atoms with van der Waals surface area (Å²) >= 11 is 0. The minimum Gasteiger partial charge on any atom is -0.508 e. The van der Waals surface area contributed by atoms with E-state index >= 15 is 0 Å². The molecule has 1 heterocycles. The maximum atomic E-state index is 12.7. The zero-order valence-electron chi connectivity index (χ0n) is 18.3. The number of rotatable bonds is 5. The molecular formula is C23H30N2O7. The van der Waals surface area contributed by atoms with Gasteiger partial charge in [-0.05, 0) is 37.5 Å². The van der Waals surface area contributed by atoms with Gasteiger partial charge in [-0.3, -0.25) is 4.79 Å². The van der Waals surface area contributed by atoms with E-state index in [1.165, 1.54) is 13.0 Å². The van der Waals surface area contributed by atoms with Crippen LogP contribution in [0.25, 0.3) is 0 Å². The molecule has 0 fully saturated rings. The van der Waals surface area contributed by atoms with Gasteiger partial charge in [0.05, 0.1) is 11.8 Å². The van der Waals surface area contributed by atoms with Crippen molar-refractivity contribution in [3.05, 3.63) is 47.6 Å². The third kappa shape index (κ3) is 8.07. The highest BCUT2D eigenvalue weighted by Gasteiger charge is 2.22. The van der Waals surface area contributed by atoms with Gasteiger partial charge in [-0.2, -0.15) is 0 Å². The Bertz CT molecular complexity index is 893. The molecule has 0 saturated carbocycles. The van der Waals surface area contributed by atoms with E-state index in [9.17, 15) is 25.0 Å². The first-order valence-corrected chi connectivity index (χ1v) is 10.5. The van der Waals surface area contributed by atoms with Crippen molar-refractivity contribution in [2.24, 2.45) is 5.16 Å². The van der Waals surface area contributed by atoms with Crippen molar-refractivity contribution in [1.29, 1.82) is 0 Å². The normalized spacial score (nSPS) is 22.9. The van der Waals surface area contributed by atoms with Crippen molar-refractivity contribution in [1.82, 2.24) is 5.32 Å². The molecule has 32 heavy (non-hydrogen) atoms. The van der Waals surface area contributed by atoms with Crippen molar-refractivity contribution < 1.29 is 34.5 Å². The smallest absolute Gasteiger partial charge is 0.342 e. The van der Waals surface area contributed by atoms with Crippen molar-refractivity contribution in [2.75, 3.05) is 13.2 Å². The molecule has 0 bridgehead atoms. The number of hydrogen-bond acceptors (Lipinski definition) is 8. The quantitative estimate of drug-likeness (QED) is 0.179. The van der Waals surface area contributed by atoms with Crippen molar-refractivity contribution >= 4 is 17.6 Å². The number of benzene rings is 1. The van der Waals surface area contributed by atoms with E-state index in [1.807, 2.05) is 12.2 Å². The highest BCUT2D eigenvalue weighted by molar-refractivity contribution is 6.00. The van der Waals surface area contributed by atoms with Crippen LogP contribution in [-0.4, -0.2) is 58.4 Å². The van der Waals surface area contributed by atoms with Crippen LogP contribution in [-0.2, 0) is 20.7 Å². The number of phenolic OH excluding ortho intramolecular Hbond substituents is 2. The lowest BCUT2D eigenvalue weighted by Gasteiger charge is -2.17. The number of carbonyl (C=O) groups is 2. The number of phenols is 2. The van der Waals surface area contributed by atoms with Crippen LogP contribution in [0.4, 0.5) is 0 Å². The molecule has 1 aromatic carbocycles. The number of nitrogens with one attached hydrogen (secondary N) is 1. The number of allylic oxidation sites excluding steroid dienone is 1. The lowest BCUT2D eigenvalue weighted by atomic mass is 9.99. The molecule has 0 saturated heterocycles. The monoisotopic (exact) mass is 446 g/mol. The van der Waals surface area contributed by atoms with Crippen molar-refractivity contribution in [3.63, 3.8) is 0 Å². The summed E-state index contributed by atoms with van der Waals surface area (Å²) in [6, 6.07) is 2.39. The number of aromatic hydroxyl groups is 2. The van der Waals surface area contributed by atoms with Crippen LogP contribution in [0.5, 0.6) is 11.5 Å². The first-order valence-electron chi connectivity index (χ1n) is 10.5. The molecule has 174 valence electrons. The third-order valence-electron chi connectivity index (χ3n) is 4.72. The van der Waals surface area contributed by atoms with E-state index in [0.29, 0.717) is 32.4 Å². The van der Waals surface area contributed by atoms with Gasteiger partial charge in [-0.15, -0.1) is 0 Å². The van der Waals surface area contributed by atoms with Gasteiger partial charge >= 0.3 is 5.97 Å². The van der Waals surface area contributed by atoms with E-state index in [-0.39, 0.29) is 41.0 Å². The fourth-order valence-electron chi connectivity index (χ4n) is 3.19. The summed E-state index contributed by atoms with van der Waals surface area (Å²) < 4.78 is 11.3. The summed E-state index contributed by atoms with van der Waals surface area (Å²) in [4.78, 5) is 23.6. The molecule has 1 amide bonds. The lowest BCUT2D eigenvalue weighted by Crippen LogP contribution is -2.22. The van der Waals surface area contributed by atoms with Gasteiger partial charge in [0.2, 0.25) is 5.91 Å². The number of amides is 1. The minimum absolute atomic E-state index is 0.00808. The first kappa shape index (κ1) is 24.9. The number of hydrogen-bond donors (Lipinski definition) is 4. The molecule has 1 aliphatic rings. The Labute approximate surface area is 187 Å². The highest BCUT2D eigenvalue weighted by Crippen LogP contribution is 2.29. The largest absolute Gasteiger partial charge is 0.508 e. The summed E-state index contributed by atoms with van der Waals surface area (Å²) in [5.74, 6) is -1.45. The fourth-order valence-corrected chi connectivity index (χ4v) is 3.19. The molecule has 2 rings (SSSR count). The molecule has 9 nitrogen and oxygen atoms in total. The molecule has 0 spiro atoms. The van der Waals surface area contributed by atoms with E-state index in [1.54, 1.807) is 19.1 Å². The van der Waals surface area contributed by atoms with E-state index < -0.39 is 17.8 Å². The molecule has 2 atom stereocenters. The second-order valence-electron chi connectivity index (χ2n) is 7.53. The lowest BCUT2D eigenvalue weighted by molar-refractivity contribution is -0.119. The Kier molecular flexibility index (Phi) is 9.75. The number of cyclic esters (lactones) is 1. The van der Waals surface area contributed by atoms with Crippen LogP contribution in [0.15, 0.2) is 41.6 Å². The van der Waals surface area contributed by atoms with Crippen LogP contribution in [0.3, 0.4) is 0 Å². The van der Waals surface area contributed by atoms with Gasteiger partial charge in [0.25, 0.3) is 0 Å². The summed E-state index contributed by atoms with van der Waals surface area (Å²) in [5.41, 5.74) is 0.420. The second kappa shape index (κ2) is 12.5. The second-order valence-corrected chi connectivity index (χ2v) is 7.53. The molecule has 0 aliphatic carbocycles. The van der Waals surface area contributed by atoms with Crippen LogP contribution in [0, 0.1) is 0 Å². The molecule has 1 aromatic rings. The van der Waals surface area contributed by atoms with Gasteiger partial charge < -0.3 is 30.2 Å². The first-order chi connectivity index (χ1) is 15.3. The van der Waals surface area contributed by atoms with Gasteiger partial charge in [0, 0.05) is 39.0 Å². The van der Waals surface area contributed by atoms with Crippen molar-refractivity contribution in [3.8, 4) is 11.5 Å². The number of carbonyl (C=O) groups excluding carboxylic acids is 2. The zero-order valence-corrected chi connectivity index (χ0v) is 18.3. The molecule has 4 N–H and O–H groups in total. The van der Waals surface area contributed by atoms with Gasteiger partial charge in [-0.1, -0.05) is 23.4 Å². The van der Waals surface area contributed by atoms with Gasteiger partial charge in [-0.25, -0.2) is 4.79 Å². The number of ether oxygens (including phenoxy) is 2. The molecule has 9 heteroatoms. The van der Waals surface area contributed by atoms with Crippen LogP contribution in [0.2, 0.25) is 0 Å². The van der Waals surface area contributed by atoms with Crippen LogP contribution in [0.1, 0.15) is 49.0 Å². The molecular weight excluding hydrogens is 416 g/mol. The Morgan fingerprint density at radius 1 is 1.28 bits per heavy atom. The Balaban J connectivity index is 2.20. The van der Waals surface area contributed by atoms with Crippen molar-refractivity contribution in [2.45, 2.75) is 51.7 Å². The number of oxime groups is 1. The van der Waals surface area contributed by atoms with Gasteiger partial charge in [0.1, 0.15) is 23.2 Å². The molecule has 0 aromatic heterocycles.